The molecule has 0 radical (unpaired) electrons. The summed E-state index contributed by atoms with van der Waals surface area (Å²) in [5, 5.41) is 6.11. The zero-order valence-electron chi connectivity index (χ0n) is 12.5. The molecule has 1 aromatic carbocycles. The van der Waals surface area contributed by atoms with Gasteiger partial charge in [-0.25, -0.2) is 0 Å². The van der Waals surface area contributed by atoms with E-state index in [1.807, 2.05) is 25.1 Å². The number of nitrogens with one attached hydrogen (secondary N) is 2. The average Bonchev–Trinajstić information content (AvgIpc) is 2.37. The van der Waals surface area contributed by atoms with Crippen LogP contribution in [0.5, 0.6) is 5.75 Å². The van der Waals surface area contributed by atoms with Gasteiger partial charge in [-0.3, -0.25) is 4.79 Å². The molecular weight excluding hydrogens is 320 g/mol. The lowest BCUT2D eigenvalue weighted by atomic mass is 10.1. The van der Waals surface area contributed by atoms with Crippen molar-refractivity contribution in [2.75, 3.05) is 19.0 Å². The Bertz CT molecular complexity index is 449. The zero-order chi connectivity index (χ0) is 15.1. The number of methoxy groups -OCH3 is 1. The number of carbonyl (C=O) groups is 1. The fourth-order valence-corrected chi connectivity index (χ4v) is 2.19. The molecule has 0 aliphatic rings. The Balaban J connectivity index is 2.54. The number of amides is 1. The first kappa shape index (κ1) is 16.8. The van der Waals surface area contributed by atoms with Gasteiger partial charge in [0.15, 0.2) is 0 Å². The number of carbonyl (C=O) groups excluding carboxylic acids is 1. The van der Waals surface area contributed by atoms with Crippen LogP contribution in [-0.4, -0.2) is 25.6 Å². The van der Waals surface area contributed by atoms with Gasteiger partial charge in [0.25, 0.3) is 0 Å². The first-order chi connectivity index (χ1) is 9.42. The Hall–Kier alpha value is -1.23. The fourth-order valence-electron chi connectivity index (χ4n) is 1.72. The maximum Gasteiger partial charge on any atom is 0.242 e. The van der Waals surface area contributed by atoms with Gasteiger partial charge in [0.2, 0.25) is 5.91 Å². The molecule has 0 saturated heterocycles. The third-order valence-electron chi connectivity index (χ3n) is 2.90. The molecule has 0 heterocycles. The van der Waals surface area contributed by atoms with E-state index >= 15 is 0 Å². The predicted molar refractivity (Wildman–Crippen MR) is 86.2 cm³/mol. The van der Waals surface area contributed by atoms with Crippen molar-refractivity contribution in [1.29, 1.82) is 0 Å². The molecule has 1 aromatic rings. The molecule has 0 spiro atoms. The minimum Gasteiger partial charge on any atom is -0.497 e. The van der Waals surface area contributed by atoms with Crippen LogP contribution in [-0.2, 0) is 4.79 Å². The Morgan fingerprint density at radius 1 is 1.30 bits per heavy atom. The number of halogens is 1. The summed E-state index contributed by atoms with van der Waals surface area (Å²) >= 11 is 3.42. The van der Waals surface area contributed by atoms with Crippen LogP contribution in [0.15, 0.2) is 22.7 Å². The highest BCUT2D eigenvalue weighted by Gasteiger charge is 2.12. The predicted octanol–water partition coefficient (Wildman–Crippen LogP) is 3.42. The number of anilines is 1. The molecule has 0 saturated carbocycles. The standard InChI is InChI=1S/C15H23BrN2O2/c1-10(2)5-6-17-15(19)11(3)18-13-7-12(16)8-14(9-13)20-4/h7-11,18H,5-6H2,1-4H3,(H,17,19). The SMILES string of the molecule is COc1cc(Br)cc(NC(C)C(=O)NCCC(C)C)c1. The summed E-state index contributed by atoms with van der Waals surface area (Å²) in [6.45, 7) is 6.84. The lowest BCUT2D eigenvalue weighted by Crippen LogP contribution is -2.38. The molecule has 1 atom stereocenters. The summed E-state index contributed by atoms with van der Waals surface area (Å²) in [5.74, 6) is 1.34. The van der Waals surface area contributed by atoms with Crippen LogP contribution in [0.3, 0.4) is 0 Å². The third kappa shape index (κ3) is 5.82. The largest absolute Gasteiger partial charge is 0.497 e. The number of benzene rings is 1. The van der Waals surface area contributed by atoms with Gasteiger partial charge < -0.3 is 15.4 Å². The van der Waals surface area contributed by atoms with E-state index in [9.17, 15) is 4.79 Å². The maximum absolute atomic E-state index is 12.0. The molecule has 2 N–H and O–H groups in total. The van der Waals surface area contributed by atoms with Crippen molar-refractivity contribution in [3.05, 3.63) is 22.7 Å². The monoisotopic (exact) mass is 342 g/mol. The first-order valence-electron chi connectivity index (χ1n) is 6.81. The van der Waals surface area contributed by atoms with Gasteiger partial charge in [0, 0.05) is 22.8 Å². The lowest BCUT2D eigenvalue weighted by molar-refractivity contribution is -0.121. The van der Waals surface area contributed by atoms with Crippen LogP contribution in [0, 0.1) is 5.92 Å². The minimum absolute atomic E-state index is 0.00425. The summed E-state index contributed by atoms with van der Waals surface area (Å²) in [7, 11) is 1.62. The quantitative estimate of drug-likeness (QED) is 0.798. The van der Waals surface area contributed by atoms with Crippen molar-refractivity contribution in [2.24, 2.45) is 5.92 Å². The number of hydrogen-bond donors (Lipinski definition) is 2. The van der Waals surface area contributed by atoms with E-state index in [4.69, 9.17) is 4.74 Å². The molecule has 1 amide bonds. The van der Waals surface area contributed by atoms with Crippen molar-refractivity contribution >= 4 is 27.5 Å². The number of ether oxygens (including phenoxy) is 1. The molecule has 1 unspecified atom stereocenters. The summed E-state index contributed by atoms with van der Waals surface area (Å²) in [6, 6.07) is 5.36. The molecule has 20 heavy (non-hydrogen) atoms. The van der Waals surface area contributed by atoms with Gasteiger partial charge in [0.05, 0.1) is 7.11 Å². The minimum atomic E-state index is -0.291. The average molecular weight is 343 g/mol. The van der Waals surface area contributed by atoms with Crippen molar-refractivity contribution in [2.45, 2.75) is 33.2 Å². The maximum atomic E-state index is 12.0. The zero-order valence-corrected chi connectivity index (χ0v) is 14.1. The Morgan fingerprint density at radius 2 is 2.00 bits per heavy atom. The Labute approximate surface area is 129 Å². The number of rotatable bonds is 7. The van der Waals surface area contributed by atoms with Crippen LogP contribution < -0.4 is 15.4 Å². The van der Waals surface area contributed by atoms with Crippen LogP contribution >= 0.6 is 15.9 Å². The second kappa shape index (κ2) is 8.15. The van der Waals surface area contributed by atoms with Crippen LogP contribution in [0.2, 0.25) is 0 Å². The van der Waals surface area contributed by atoms with E-state index in [2.05, 4.69) is 40.4 Å². The fraction of sp³-hybridized carbons (Fsp3) is 0.533. The van der Waals surface area contributed by atoms with Crippen molar-refractivity contribution in [3.8, 4) is 5.75 Å². The van der Waals surface area contributed by atoms with Gasteiger partial charge in [0.1, 0.15) is 11.8 Å². The summed E-state index contributed by atoms with van der Waals surface area (Å²) < 4.78 is 6.11. The molecule has 0 fully saturated rings. The van der Waals surface area contributed by atoms with Gasteiger partial charge in [-0.05, 0) is 31.4 Å². The van der Waals surface area contributed by atoms with Crippen LogP contribution in [0.4, 0.5) is 5.69 Å². The molecule has 0 aliphatic carbocycles. The number of hydrogen-bond acceptors (Lipinski definition) is 3. The lowest BCUT2D eigenvalue weighted by Gasteiger charge is -2.16. The molecule has 1 rings (SSSR count). The van der Waals surface area contributed by atoms with E-state index in [0.717, 1.165) is 22.3 Å². The van der Waals surface area contributed by atoms with Gasteiger partial charge >= 0.3 is 0 Å². The summed E-state index contributed by atoms with van der Waals surface area (Å²) in [4.78, 5) is 12.0. The summed E-state index contributed by atoms with van der Waals surface area (Å²) in [6.07, 6.45) is 0.989. The third-order valence-corrected chi connectivity index (χ3v) is 3.36. The highest BCUT2D eigenvalue weighted by molar-refractivity contribution is 9.10. The topological polar surface area (TPSA) is 50.4 Å². The molecule has 0 aromatic heterocycles. The van der Waals surface area contributed by atoms with Gasteiger partial charge in [-0.15, -0.1) is 0 Å². The van der Waals surface area contributed by atoms with E-state index in [1.165, 1.54) is 0 Å². The van der Waals surface area contributed by atoms with E-state index in [1.54, 1.807) is 7.11 Å². The molecular formula is C15H23BrN2O2. The normalized spacial score (nSPS) is 12.1. The van der Waals surface area contributed by atoms with Crippen LogP contribution in [0.1, 0.15) is 27.2 Å². The molecule has 112 valence electrons. The van der Waals surface area contributed by atoms with Crippen molar-refractivity contribution in [3.63, 3.8) is 0 Å². The molecule has 4 nitrogen and oxygen atoms in total. The molecule has 0 bridgehead atoms. The smallest absolute Gasteiger partial charge is 0.242 e. The van der Waals surface area contributed by atoms with Gasteiger partial charge in [-0.2, -0.15) is 0 Å². The Kier molecular flexibility index (Phi) is 6.85. The molecule has 0 aliphatic heterocycles. The van der Waals surface area contributed by atoms with Crippen molar-refractivity contribution < 1.29 is 9.53 Å². The Morgan fingerprint density at radius 3 is 2.60 bits per heavy atom. The van der Waals surface area contributed by atoms with Crippen LogP contribution in [0.25, 0.3) is 0 Å². The second-order valence-electron chi connectivity index (χ2n) is 5.22. The summed E-state index contributed by atoms with van der Waals surface area (Å²) in [5.41, 5.74) is 0.850. The van der Waals surface area contributed by atoms with E-state index in [0.29, 0.717) is 12.5 Å². The van der Waals surface area contributed by atoms with Crippen molar-refractivity contribution in [1.82, 2.24) is 5.32 Å². The second-order valence-corrected chi connectivity index (χ2v) is 6.13. The highest BCUT2D eigenvalue weighted by Crippen LogP contribution is 2.24. The first-order valence-corrected chi connectivity index (χ1v) is 7.60. The molecule has 5 heteroatoms. The van der Waals surface area contributed by atoms with E-state index in [-0.39, 0.29) is 11.9 Å². The van der Waals surface area contributed by atoms with E-state index < -0.39 is 0 Å². The van der Waals surface area contributed by atoms with Gasteiger partial charge in [-0.1, -0.05) is 29.8 Å². The highest BCUT2D eigenvalue weighted by atomic mass is 79.9.